The van der Waals surface area contributed by atoms with Gasteiger partial charge >= 0.3 is 0 Å². The van der Waals surface area contributed by atoms with Gasteiger partial charge in [-0.1, -0.05) is 19.8 Å². The van der Waals surface area contributed by atoms with Crippen LogP contribution in [0.3, 0.4) is 0 Å². The monoisotopic (exact) mass is 224 g/mol. The van der Waals surface area contributed by atoms with Crippen LogP contribution in [-0.2, 0) is 0 Å². The van der Waals surface area contributed by atoms with Gasteiger partial charge in [0.15, 0.2) is 10.8 Å². The second-order valence-corrected chi connectivity index (χ2v) is 5.23. The summed E-state index contributed by atoms with van der Waals surface area (Å²) < 4.78 is 0. The van der Waals surface area contributed by atoms with Crippen molar-refractivity contribution >= 4 is 0 Å². The normalized spacial score (nSPS) is 30.3. The molecule has 0 aromatic rings. The second-order valence-electron chi connectivity index (χ2n) is 5.23. The minimum Gasteiger partial charge on any atom is -0.196 e. The van der Waals surface area contributed by atoms with Gasteiger partial charge in [-0.3, -0.25) is 0 Å². The first-order valence-corrected chi connectivity index (χ1v) is 5.75. The van der Waals surface area contributed by atoms with E-state index in [0.717, 1.165) is 12.8 Å². The predicted molar refractivity (Wildman–Crippen MR) is 57.4 cm³/mol. The first kappa shape index (κ1) is 11.4. The molecular formula is C13H12N4. The Hall–Kier alpha value is -2.04. The van der Waals surface area contributed by atoms with Crippen LogP contribution >= 0.6 is 0 Å². The van der Waals surface area contributed by atoms with Gasteiger partial charge in [0.25, 0.3) is 0 Å². The summed E-state index contributed by atoms with van der Waals surface area (Å²) in [5, 5.41) is 37.1. The molecule has 2 rings (SSSR count). The molecule has 0 N–H and O–H groups in total. The van der Waals surface area contributed by atoms with Crippen molar-refractivity contribution in [2.45, 2.75) is 32.6 Å². The quantitative estimate of drug-likeness (QED) is 0.630. The molecule has 17 heavy (non-hydrogen) atoms. The molecule has 0 radical (unpaired) electrons. The van der Waals surface area contributed by atoms with Crippen LogP contribution < -0.4 is 0 Å². The predicted octanol–water partition coefficient (Wildman–Crippen LogP) is 2.26. The first-order valence-electron chi connectivity index (χ1n) is 5.75. The standard InChI is InChI=1S/C13H12N4/c1-10-3-2-4-11(5-10)12(6-14,7-15)13(11,8-16)9-17/h10H,2-5H2,1H3. The molecule has 0 saturated heterocycles. The Morgan fingerprint density at radius 1 is 0.941 bits per heavy atom. The molecule has 84 valence electrons. The van der Waals surface area contributed by atoms with Crippen molar-refractivity contribution in [1.29, 1.82) is 21.0 Å². The minimum absolute atomic E-state index is 0.369. The largest absolute Gasteiger partial charge is 0.196 e. The van der Waals surface area contributed by atoms with E-state index in [0.29, 0.717) is 18.8 Å². The van der Waals surface area contributed by atoms with Crippen molar-refractivity contribution < 1.29 is 0 Å². The van der Waals surface area contributed by atoms with E-state index in [4.69, 9.17) is 0 Å². The highest BCUT2D eigenvalue weighted by molar-refractivity contribution is 5.56. The molecule has 2 saturated carbocycles. The Kier molecular flexibility index (Phi) is 2.17. The molecule has 2 aliphatic carbocycles. The third-order valence-electron chi connectivity index (χ3n) is 4.60. The van der Waals surface area contributed by atoms with Crippen LogP contribution in [0.1, 0.15) is 32.6 Å². The maximum atomic E-state index is 9.28. The van der Waals surface area contributed by atoms with Gasteiger partial charge in [0.1, 0.15) is 0 Å². The van der Waals surface area contributed by atoms with Gasteiger partial charge in [0.05, 0.1) is 24.3 Å². The molecular weight excluding hydrogens is 212 g/mol. The highest BCUT2D eigenvalue weighted by Gasteiger charge is 2.91. The van der Waals surface area contributed by atoms with Gasteiger partial charge in [0, 0.05) is 5.41 Å². The molecule has 2 aliphatic rings. The van der Waals surface area contributed by atoms with Gasteiger partial charge in [-0.2, -0.15) is 21.0 Å². The van der Waals surface area contributed by atoms with Gasteiger partial charge in [0.2, 0.25) is 0 Å². The Morgan fingerprint density at radius 2 is 1.41 bits per heavy atom. The second kappa shape index (κ2) is 3.23. The summed E-state index contributed by atoms with van der Waals surface area (Å²) in [6, 6.07) is 7.88. The van der Waals surface area contributed by atoms with E-state index in [-0.39, 0.29) is 0 Å². The lowest BCUT2D eigenvalue weighted by Gasteiger charge is -2.28. The van der Waals surface area contributed by atoms with Gasteiger partial charge in [-0.15, -0.1) is 0 Å². The molecule has 0 aromatic heterocycles. The lowest BCUT2D eigenvalue weighted by molar-refractivity contribution is 0.224. The lowest BCUT2D eigenvalue weighted by atomic mass is 9.74. The number of rotatable bonds is 0. The molecule has 0 aromatic carbocycles. The van der Waals surface area contributed by atoms with E-state index in [1.54, 1.807) is 0 Å². The zero-order valence-electron chi connectivity index (χ0n) is 9.69. The van der Waals surface area contributed by atoms with Crippen LogP contribution in [0.25, 0.3) is 0 Å². The molecule has 4 nitrogen and oxygen atoms in total. The van der Waals surface area contributed by atoms with Gasteiger partial charge in [-0.05, 0) is 18.8 Å². The Bertz CT molecular complexity index is 454. The highest BCUT2D eigenvalue weighted by Crippen LogP contribution is 2.82. The average molecular weight is 224 g/mol. The summed E-state index contributed by atoms with van der Waals surface area (Å²) in [7, 11) is 0. The van der Waals surface area contributed by atoms with Crippen LogP contribution in [-0.4, -0.2) is 0 Å². The molecule has 0 heterocycles. The maximum Gasteiger partial charge on any atom is 0.184 e. The van der Waals surface area contributed by atoms with E-state index < -0.39 is 16.2 Å². The van der Waals surface area contributed by atoms with E-state index in [2.05, 4.69) is 6.92 Å². The average Bonchev–Trinajstić information content (AvgIpc) is 2.83. The van der Waals surface area contributed by atoms with Crippen molar-refractivity contribution in [3.63, 3.8) is 0 Å². The molecule has 0 aliphatic heterocycles. The van der Waals surface area contributed by atoms with Crippen molar-refractivity contribution in [1.82, 2.24) is 0 Å². The topological polar surface area (TPSA) is 95.2 Å². The van der Waals surface area contributed by atoms with Crippen LogP contribution in [0, 0.1) is 67.5 Å². The summed E-state index contributed by atoms with van der Waals surface area (Å²) in [5.41, 5.74) is -3.55. The Labute approximate surface area is 101 Å². The van der Waals surface area contributed by atoms with E-state index in [9.17, 15) is 21.0 Å². The summed E-state index contributed by atoms with van der Waals surface area (Å²) in [4.78, 5) is 0. The third kappa shape index (κ3) is 0.906. The summed E-state index contributed by atoms with van der Waals surface area (Å²) in [5.74, 6) is 0.369. The van der Waals surface area contributed by atoms with Crippen LogP contribution in [0.4, 0.5) is 0 Å². The van der Waals surface area contributed by atoms with Crippen molar-refractivity contribution in [3.05, 3.63) is 0 Å². The fourth-order valence-electron chi connectivity index (χ4n) is 3.74. The molecule has 2 fully saturated rings. The first-order chi connectivity index (χ1) is 8.09. The number of hydrogen-bond donors (Lipinski definition) is 0. The smallest absolute Gasteiger partial charge is 0.184 e. The van der Waals surface area contributed by atoms with Crippen LogP contribution in [0.5, 0.6) is 0 Å². The molecule has 1 unspecified atom stereocenters. The number of nitriles is 4. The Balaban J connectivity index is 2.58. The highest BCUT2D eigenvalue weighted by atomic mass is 14.9. The molecule has 0 bridgehead atoms. The Morgan fingerprint density at radius 3 is 1.76 bits per heavy atom. The zero-order chi connectivity index (χ0) is 12.7. The van der Waals surface area contributed by atoms with Gasteiger partial charge < -0.3 is 0 Å². The lowest BCUT2D eigenvalue weighted by Crippen LogP contribution is -2.21. The van der Waals surface area contributed by atoms with Crippen LogP contribution in [0.15, 0.2) is 0 Å². The maximum absolute atomic E-state index is 9.28. The summed E-state index contributed by atoms with van der Waals surface area (Å²) >= 11 is 0. The van der Waals surface area contributed by atoms with E-state index in [1.807, 2.05) is 24.3 Å². The van der Waals surface area contributed by atoms with Crippen LogP contribution in [0.2, 0.25) is 0 Å². The number of nitrogens with zero attached hydrogens (tertiary/aromatic N) is 4. The fraction of sp³-hybridized carbons (Fsp3) is 0.692. The van der Waals surface area contributed by atoms with Crippen molar-refractivity contribution in [2.75, 3.05) is 0 Å². The molecule has 1 atom stereocenters. The number of hydrogen-bond acceptors (Lipinski definition) is 4. The minimum atomic E-state index is -1.42. The van der Waals surface area contributed by atoms with E-state index >= 15 is 0 Å². The summed E-state index contributed by atoms with van der Waals surface area (Å²) in [6.07, 6.45) is 3.20. The zero-order valence-corrected chi connectivity index (χ0v) is 9.69. The van der Waals surface area contributed by atoms with Gasteiger partial charge in [-0.25, -0.2) is 0 Å². The van der Waals surface area contributed by atoms with Crippen molar-refractivity contribution in [2.24, 2.45) is 22.2 Å². The van der Waals surface area contributed by atoms with E-state index in [1.165, 1.54) is 0 Å². The van der Waals surface area contributed by atoms with Crippen molar-refractivity contribution in [3.8, 4) is 24.3 Å². The molecule has 1 spiro atoms. The summed E-state index contributed by atoms with van der Waals surface area (Å²) in [6.45, 7) is 2.05. The fourth-order valence-corrected chi connectivity index (χ4v) is 3.74. The third-order valence-corrected chi connectivity index (χ3v) is 4.60. The molecule has 0 amide bonds. The molecule has 4 heteroatoms. The SMILES string of the molecule is CC1CCCC2(C1)C(C#N)(C#N)C2(C#N)C#N.